The highest BCUT2D eigenvalue weighted by Crippen LogP contribution is 1.99. The van der Waals surface area contributed by atoms with E-state index in [9.17, 15) is 0 Å². The summed E-state index contributed by atoms with van der Waals surface area (Å²) in [6.45, 7) is 9.49. The Labute approximate surface area is 94.7 Å². The van der Waals surface area contributed by atoms with E-state index < -0.39 is 0 Å². The fraction of sp³-hybridized carbons (Fsp3) is 0.917. The van der Waals surface area contributed by atoms with E-state index in [4.69, 9.17) is 5.73 Å². The van der Waals surface area contributed by atoms with Gasteiger partial charge in [0.25, 0.3) is 0 Å². The van der Waals surface area contributed by atoms with Gasteiger partial charge in [0.2, 0.25) is 0 Å². The minimum atomic E-state index is 0.735. The molecule has 0 aromatic carbocycles. The van der Waals surface area contributed by atoms with Crippen molar-refractivity contribution in [2.45, 2.75) is 52.9 Å². The molecular formula is C12H27N3. The smallest absolute Gasteiger partial charge is 0.191 e. The molecule has 15 heavy (non-hydrogen) atoms. The van der Waals surface area contributed by atoms with E-state index in [2.05, 4.69) is 30.7 Å². The molecule has 0 fully saturated rings. The van der Waals surface area contributed by atoms with Crippen LogP contribution >= 0.6 is 0 Å². The van der Waals surface area contributed by atoms with E-state index in [-0.39, 0.29) is 0 Å². The van der Waals surface area contributed by atoms with Crippen molar-refractivity contribution in [2.24, 2.45) is 10.7 Å². The van der Waals surface area contributed by atoms with Crippen LogP contribution in [0.3, 0.4) is 0 Å². The predicted molar refractivity (Wildman–Crippen MR) is 68.2 cm³/mol. The molecule has 0 amide bonds. The Bertz CT molecular complexity index is 158. The second kappa shape index (κ2) is 9.81. The molecule has 0 saturated carbocycles. The van der Waals surface area contributed by atoms with Crippen molar-refractivity contribution < 1.29 is 0 Å². The first-order chi connectivity index (χ1) is 7.26. The van der Waals surface area contributed by atoms with Crippen LogP contribution in [0.5, 0.6) is 0 Å². The summed E-state index contributed by atoms with van der Waals surface area (Å²) in [5.74, 6) is 0.735. The van der Waals surface area contributed by atoms with Gasteiger partial charge in [-0.3, -0.25) is 4.99 Å². The monoisotopic (exact) mass is 213 g/mol. The Morgan fingerprint density at radius 3 is 1.93 bits per heavy atom. The molecular weight excluding hydrogens is 186 g/mol. The lowest BCUT2D eigenvalue weighted by Gasteiger charge is -2.23. The molecule has 0 aromatic rings. The summed E-state index contributed by atoms with van der Waals surface area (Å²) in [4.78, 5) is 6.59. The molecule has 0 bridgehead atoms. The first kappa shape index (κ1) is 14.3. The number of guanidine groups is 1. The summed E-state index contributed by atoms with van der Waals surface area (Å²) in [5, 5.41) is 0. The normalized spacial score (nSPS) is 11.8. The van der Waals surface area contributed by atoms with Crippen LogP contribution in [0.4, 0.5) is 0 Å². The van der Waals surface area contributed by atoms with E-state index in [1.165, 1.54) is 25.7 Å². The van der Waals surface area contributed by atoms with Crippen molar-refractivity contribution >= 4 is 5.96 Å². The van der Waals surface area contributed by atoms with Crippen molar-refractivity contribution in [3.8, 4) is 0 Å². The first-order valence-corrected chi connectivity index (χ1v) is 6.31. The van der Waals surface area contributed by atoms with Crippen molar-refractivity contribution in [1.29, 1.82) is 0 Å². The summed E-state index contributed by atoms with van der Waals surface area (Å²) in [6.07, 6.45) is 5.89. The standard InChI is InChI=1S/C12H27N3/c1-4-7-10-15(11-8-5-2)12(13)14-9-6-3/h4-11H2,1-3H3,(H2,13,14). The lowest BCUT2D eigenvalue weighted by Crippen LogP contribution is -2.38. The molecule has 3 nitrogen and oxygen atoms in total. The van der Waals surface area contributed by atoms with Gasteiger partial charge in [0.05, 0.1) is 0 Å². The molecule has 0 heterocycles. The fourth-order valence-corrected chi connectivity index (χ4v) is 1.37. The Balaban J connectivity index is 4.06. The highest BCUT2D eigenvalue weighted by molar-refractivity contribution is 5.78. The Morgan fingerprint density at radius 1 is 1.00 bits per heavy atom. The molecule has 3 heteroatoms. The maximum Gasteiger partial charge on any atom is 0.191 e. The third-order valence-electron chi connectivity index (χ3n) is 2.38. The van der Waals surface area contributed by atoms with E-state index >= 15 is 0 Å². The average molecular weight is 213 g/mol. The minimum absolute atomic E-state index is 0.735. The molecule has 0 aliphatic heterocycles. The highest BCUT2D eigenvalue weighted by Gasteiger charge is 2.05. The van der Waals surface area contributed by atoms with Gasteiger partial charge in [-0.1, -0.05) is 33.6 Å². The summed E-state index contributed by atoms with van der Waals surface area (Å²) < 4.78 is 0. The van der Waals surface area contributed by atoms with Crippen LogP contribution in [0.1, 0.15) is 52.9 Å². The van der Waals surface area contributed by atoms with E-state index in [0.29, 0.717) is 0 Å². The molecule has 0 radical (unpaired) electrons. The van der Waals surface area contributed by atoms with Gasteiger partial charge in [-0.25, -0.2) is 0 Å². The summed E-state index contributed by atoms with van der Waals surface area (Å²) in [7, 11) is 0. The first-order valence-electron chi connectivity index (χ1n) is 6.31. The predicted octanol–water partition coefficient (Wildman–Crippen LogP) is 2.61. The minimum Gasteiger partial charge on any atom is -0.370 e. The molecule has 0 unspecified atom stereocenters. The average Bonchev–Trinajstić information content (AvgIpc) is 2.26. The maximum absolute atomic E-state index is 5.96. The Kier molecular flexibility index (Phi) is 9.33. The van der Waals surface area contributed by atoms with Crippen LogP contribution < -0.4 is 5.73 Å². The van der Waals surface area contributed by atoms with Gasteiger partial charge in [0.1, 0.15) is 0 Å². The molecule has 0 rings (SSSR count). The number of hydrogen-bond donors (Lipinski definition) is 1. The van der Waals surface area contributed by atoms with Crippen molar-refractivity contribution in [2.75, 3.05) is 19.6 Å². The van der Waals surface area contributed by atoms with Gasteiger partial charge >= 0.3 is 0 Å². The van der Waals surface area contributed by atoms with E-state index in [1.807, 2.05) is 0 Å². The second-order valence-electron chi connectivity index (χ2n) is 3.93. The molecule has 0 aliphatic rings. The van der Waals surface area contributed by atoms with E-state index in [1.54, 1.807) is 0 Å². The zero-order valence-electron chi connectivity index (χ0n) is 10.6. The molecule has 0 aromatic heterocycles. The number of aliphatic imine (C=N–C) groups is 1. The number of nitrogens with two attached hydrogens (primary N) is 1. The van der Waals surface area contributed by atoms with Gasteiger partial charge in [0, 0.05) is 19.6 Å². The Hall–Kier alpha value is -0.730. The molecule has 90 valence electrons. The summed E-state index contributed by atoms with van der Waals surface area (Å²) in [6, 6.07) is 0. The zero-order valence-corrected chi connectivity index (χ0v) is 10.6. The molecule has 0 saturated heterocycles. The summed E-state index contributed by atoms with van der Waals surface area (Å²) in [5.41, 5.74) is 5.96. The van der Waals surface area contributed by atoms with Crippen LogP contribution in [0.2, 0.25) is 0 Å². The van der Waals surface area contributed by atoms with Gasteiger partial charge in [-0.15, -0.1) is 0 Å². The van der Waals surface area contributed by atoms with Crippen LogP contribution in [0, 0.1) is 0 Å². The third-order valence-corrected chi connectivity index (χ3v) is 2.38. The van der Waals surface area contributed by atoms with Gasteiger partial charge in [-0.2, -0.15) is 0 Å². The van der Waals surface area contributed by atoms with Crippen LogP contribution in [-0.2, 0) is 0 Å². The quantitative estimate of drug-likeness (QED) is 0.497. The molecule has 0 atom stereocenters. The van der Waals surface area contributed by atoms with Crippen molar-refractivity contribution in [3.05, 3.63) is 0 Å². The number of unbranched alkanes of at least 4 members (excludes halogenated alkanes) is 2. The second-order valence-corrected chi connectivity index (χ2v) is 3.93. The number of hydrogen-bond acceptors (Lipinski definition) is 1. The lowest BCUT2D eigenvalue weighted by molar-refractivity contribution is 0.393. The molecule has 0 aliphatic carbocycles. The maximum atomic E-state index is 5.96. The van der Waals surface area contributed by atoms with Crippen molar-refractivity contribution in [1.82, 2.24) is 4.90 Å². The van der Waals surface area contributed by atoms with Gasteiger partial charge in [0.15, 0.2) is 5.96 Å². The lowest BCUT2D eigenvalue weighted by atomic mass is 10.3. The number of rotatable bonds is 8. The SMILES string of the molecule is CCCCN(CCCC)C(N)=NCCC. The molecule has 0 spiro atoms. The third kappa shape index (κ3) is 7.23. The highest BCUT2D eigenvalue weighted by atomic mass is 15.2. The number of nitrogens with zero attached hydrogens (tertiary/aromatic N) is 2. The van der Waals surface area contributed by atoms with E-state index in [0.717, 1.165) is 32.0 Å². The largest absolute Gasteiger partial charge is 0.370 e. The van der Waals surface area contributed by atoms with Crippen LogP contribution in [0.25, 0.3) is 0 Å². The topological polar surface area (TPSA) is 41.6 Å². The van der Waals surface area contributed by atoms with Gasteiger partial charge in [-0.05, 0) is 19.3 Å². The Morgan fingerprint density at radius 2 is 1.53 bits per heavy atom. The zero-order chi connectivity index (χ0) is 11.5. The fourth-order valence-electron chi connectivity index (χ4n) is 1.37. The van der Waals surface area contributed by atoms with Crippen molar-refractivity contribution in [3.63, 3.8) is 0 Å². The van der Waals surface area contributed by atoms with Crippen LogP contribution in [-0.4, -0.2) is 30.5 Å². The van der Waals surface area contributed by atoms with Gasteiger partial charge < -0.3 is 10.6 Å². The summed E-state index contributed by atoms with van der Waals surface area (Å²) >= 11 is 0. The molecule has 2 N–H and O–H groups in total. The van der Waals surface area contributed by atoms with Crippen LogP contribution in [0.15, 0.2) is 4.99 Å².